The van der Waals surface area contributed by atoms with Crippen LogP contribution in [0.1, 0.15) is 45.9 Å². The number of nitrogens with one attached hydrogen (secondary N) is 3. The average molecular weight is 516 g/mol. The Morgan fingerprint density at radius 2 is 1.76 bits per heavy atom. The van der Waals surface area contributed by atoms with Gasteiger partial charge in [0.15, 0.2) is 0 Å². The number of piperazine rings is 1. The molecule has 5 rings (SSSR count). The smallest absolute Gasteiger partial charge is 0.369 e. The molecule has 3 aliphatic heterocycles. The second-order valence-corrected chi connectivity index (χ2v) is 9.58. The Balaban J connectivity index is 1.27. The van der Waals surface area contributed by atoms with Gasteiger partial charge in [0.1, 0.15) is 12.1 Å². The zero-order valence-corrected chi connectivity index (χ0v) is 20.1. The van der Waals surface area contributed by atoms with Crippen molar-refractivity contribution in [3.8, 4) is 0 Å². The topological polar surface area (TPSA) is 93.8 Å². The predicted octanol–water partition coefficient (Wildman–Crippen LogP) is 2.25. The van der Waals surface area contributed by atoms with Gasteiger partial charge < -0.3 is 15.1 Å². The molecule has 3 amide bonds. The number of imide groups is 1. The van der Waals surface area contributed by atoms with Crippen molar-refractivity contribution in [3.05, 3.63) is 64.7 Å². The molecule has 2 unspecified atom stereocenters. The van der Waals surface area contributed by atoms with Gasteiger partial charge in [-0.25, -0.2) is 0 Å². The lowest BCUT2D eigenvalue weighted by atomic mass is 10.0. The van der Waals surface area contributed by atoms with Crippen LogP contribution in [0.25, 0.3) is 0 Å². The number of benzene rings is 2. The second-order valence-electron chi connectivity index (χ2n) is 9.58. The maximum Gasteiger partial charge on any atom is 0.407 e. The van der Waals surface area contributed by atoms with Gasteiger partial charge in [-0.15, -0.1) is 0 Å². The number of rotatable bonds is 6. The fourth-order valence-corrected chi connectivity index (χ4v) is 5.18. The largest absolute Gasteiger partial charge is 0.407 e. The Hall–Kier alpha value is -3.44. The highest BCUT2D eigenvalue weighted by atomic mass is 19.4. The lowest BCUT2D eigenvalue weighted by molar-refractivity contribution is -0.158. The molecule has 0 aromatic heterocycles. The van der Waals surface area contributed by atoms with Gasteiger partial charge in [-0.2, -0.15) is 13.2 Å². The Morgan fingerprint density at radius 3 is 2.43 bits per heavy atom. The third kappa shape index (κ3) is 5.33. The highest BCUT2D eigenvalue weighted by Gasteiger charge is 2.41. The number of carbonyl (C=O) groups excluding carboxylic acids is 3. The molecule has 196 valence electrons. The first-order valence-corrected chi connectivity index (χ1v) is 12.3. The van der Waals surface area contributed by atoms with Gasteiger partial charge in [-0.1, -0.05) is 24.3 Å². The van der Waals surface area contributed by atoms with Crippen LogP contribution in [0.2, 0.25) is 0 Å². The molecule has 3 aliphatic rings. The van der Waals surface area contributed by atoms with Gasteiger partial charge in [0, 0.05) is 56.9 Å². The third-order valence-corrected chi connectivity index (χ3v) is 7.13. The second kappa shape index (κ2) is 10.1. The quantitative estimate of drug-likeness (QED) is 0.511. The summed E-state index contributed by atoms with van der Waals surface area (Å²) in [4.78, 5) is 40.1. The SMILES string of the molecule is O=C1CCC(N2Cc3cc(CNC(c4ccc(N5CCNCC5)cc4)C(F)(F)F)ccc3C2=O)C(=O)N1. The van der Waals surface area contributed by atoms with Gasteiger partial charge in [-0.05, 0) is 41.3 Å². The molecule has 11 heteroatoms. The van der Waals surface area contributed by atoms with Crippen molar-refractivity contribution in [1.29, 1.82) is 0 Å². The van der Waals surface area contributed by atoms with E-state index in [1.165, 1.54) is 17.0 Å². The minimum absolute atomic E-state index is 0.0520. The van der Waals surface area contributed by atoms with E-state index in [9.17, 15) is 27.6 Å². The molecule has 2 aromatic rings. The molecule has 2 aromatic carbocycles. The van der Waals surface area contributed by atoms with E-state index in [0.717, 1.165) is 31.9 Å². The van der Waals surface area contributed by atoms with E-state index >= 15 is 0 Å². The molecule has 8 nitrogen and oxygen atoms in total. The molecule has 2 atom stereocenters. The summed E-state index contributed by atoms with van der Waals surface area (Å²) in [5, 5.41) is 8.14. The van der Waals surface area contributed by atoms with E-state index < -0.39 is 24.2 Å². The van der Waals surface area contributed by atoms with Crippen molar-refractivity contribution >= 4 is 23.4 Å². The van der Waals surface area contributed by atoms with Gasteiger partial charge in [0.2, 0.25) is 11.8 Å². The standard InChI is InChI=1S/C26H28F3N5O3/c27-26(28,29)23(17-2-4-19(5-3-17)33-11-9-30-10-12-33)31-14-16-1-6-20-18(13-16)15-34(25(20)37)21-7-8-22(35)32-24(21)36/h1-6,13,21,23,30-31H,7-12,14-15H2,(H,32,35,36). The fraction of sp³-hybridized carbons (Fsp3) is 0.423. The van der Waals surface area contributed by atoms with Gasteiger partial charge in [-0.3, -0.25) is 25.0 Å². The van der Waals surface area contributed by atoms with Crippen LogP contribution in [-0.4, -0.2) is 61.0 Å². The highest BCUT2D eigenvalue weighted by Crippen LogP contribution is 2.34. The Morgan fingerprint density at radius 1 is 1.03 bits per heavy atom. The number of halogens is 3. The van der Waals surface area contributed by atoms with Crippen LogP contribution in [0.3, 0.4) is 0 Å². The van der Waals surface area contributed by atoms with Crippen LogP contribution in [0.4, 0.5) is 18.9 Å². The number of hydrogen-bond donors (Lipinski definition) is 3. The van der Waals surface area contributed by atoms with E-state index in [1.807, 2.05) is 0 Å². The summed E-state index contributed by atoms with van der Waals surface area (Å²) in [5.74, 6) is -1.19. The van der Waals surface area contributed by atoms with Crippen molar-refractivity contribution in [2.24, 2.45) is 0 Å². The first-order valence-electron chi connectivity index (χ1n) is 12.3. The number of alkyl halides is 3. The predicted molar refractivity (Wildman–Crippen MR) is 130 cm³/mol. The summed E-state index contributed by atoms with van der Waals surface area (Å²) in [6.07, 6.45) is -4.09. The van der Waals surface area contributed by atoms with E-state index in [4.69, 9.17) is 0 Å². The van der Waals surface area contributed by atoms with Crippen molar-refractivity contribution in [1.82, 2.24) is 20.9 Å². The Kier molecular flexibility index (Phi) is 6.91. The maximum absolute atomic E-state index is 14.0. The van der Waals surface area contributed by atoms with Crippen molar-refractivity contribution < 1.29 is 27.6 Å². The summed E-state index contributed by atoms with van der Waals surface area (Å²) in [7, 11) is 0. The first-order chi connectivity index (χ1) is 17.7. The molecule has 0 saturated carbocycles. The molecular weight excluding hydrogens is 487 g/mol. The zero-order chi connectivity index (χ0) is 26.2. The van der Waals surface area contributed by atoms with E-state index in [-0.39, 0.29) is 43.3 Å². The minimum Gasteiger partial charge on any atom is -0.369 e. The Labute approximate surface area is 212 Å². The fourth-order valence-electron chi connectivity index (χ4n) is 5.18. The lowest BCUT2D eigenvalue weighted by Crippen LogP contribution is -2.52. The molecule has 0 spiro atoms. The molecular formula is C26H28F3N5O3. The number of hydrogen-bond acceptors (Lipinski definition) is 6. The average Bonchev–Trinajstić information content (AvgIpc) is 3.19. The van der Waals surface area contributed by atoms with Crippen LogP contribution in [0, 0.1) is 0 Å². The van der Waals surface area contributed by atoms with Crippen molar-refractivity contribution in [2.75, 3.05) is 31.1 Å². The normalized spacial score (nSPS) is 21.2. The summed E-state index contributed by atoms with van der Waals surface area (Å²) in [5.41, 5.74) is 2.70. The maximum atomic E-state index is 14.0. The lowest BCUT2D eigenvalue weighted by Gasteiger charge is -2.30. The molecule has 0 aliphatic carbocycles. The van der Waals surface area contributed by atoms with E-state index in [2.05, 4.69) is 20.9 Å². The molecule has 2 fully saturated rings. The molecule has 0 radical (unpaired) electrons. The van der Waals surface area contributed by atoms with Crippen LogP contribution >= 0.6 is 0 Å². The monoisotopic (exact) mass is 515 g/mol. The molecule has 3 heterocycles. The zero-order valence-electron chi connectivity index (χ0n) is 20.1. The van der Waals surface area contributed by atoms with E-state index in [1.54, 1.807) is 30.3 Å². The number of amides is 3. The summed E-state index contributed by atoms with van der Waals surface area (Å²) < 4.78 is 41.9. The highest BCUT2D eigenvalue weighted by molar-refractivity contribution is 6.05. The van der Waals surface area contributed by atoms with Crippen LogP contribution in [0.5, 0.6) is 0 Å². The first kappa shape index (κ1) is 25.2. The number of piperidine rings is 1. The van der Waals surface area contributed by atoms with Crippen molar-refractivity contribution in [3.63, 3.8) is 0 Å². The van der Waals surface area contributed by atoms with Crippen LogP contribution in [-0.2, 0) is 22.7 Å². The number of carbonyl (C=O) groups is 3. The number of nitrogens with zero attached hydrogens (tertiary/aromatic N) is 2. The van der Waals surface area contributed by atoms with Gasteiger partial charge in [0.05, 0.1) is 0 Å². The van der Waals surface area contributed by atoms with Gasteiger partial charge >= 0.3 is 6.18 Å². The van der Waals surface area contributed by atoms with Crippen LogP contribution < -0.4 is 20.9 Å². The minimum atomic E-state index is -4.49. The summed E-state index contributed by atoms with van der Waals surface area (Å²) >= 11 is 0. The number of anilines is 1. The third-order valence-electron chi connectivity index (χ3n) is 7.13. The molecule has 2 saturated heterocycles. The molecule has 37 heavy (non-hydrogen) atoms. The van der Waals surface area contributed by atoms with E-state index in [0.29, 0.717) is 16.7 Å². The van der Waals surface area contributed by atoms with Gasteiger partial charge in [0.25, 0.3) is 5.91 Å². The molecule has 3 N–H and O–H groups in total. The number of fused-ring (bicyclic) bond motifs is 1. The van der Waals surface area contributed by atoms with Crippen molar-refractivity contribution in [2.45, 2.75) is 44.2 Å². The Bertz CT molecular complexity index is 1190. The molecule has 0 bridgehead atoms. The summed E-state index contributed by atoms with van der Waals surface area (Å²) in [6.45, 7) is 3.41. The van der Waals surface area contributed by atoms with Crippen LogP contribution in [0.15, 0.2) is 42.5 Å². The summed E-state index contributed by atoms with van der Waals surface area (Å²) in [6, 6.07) is 8.81.